The average molecular weight is 241 g/mol. The minimum Gasteiger partial charge on any atom is -0.481 e. The summed E-state index contributed by atoms with van der Waals surface area (Å²) in [5.74, 6) is 0.200. The van der Waals surface area contributed by atoms with Gasteiger partial charge in [-0.15, -0.1) is 0 Å². The van der Waals surface area contributed by atoms with Gasteiger partial charge in [0.25, 0.3) is 0 Å². The molecule has 3 heteroatoms. The first-order valence-corrected chi connectivity index (χ1v) is 6.91. The number of carbonyl (C=O) groups is 1. The quantitative estimate of drug-likeness (QED) is 0.804. The van der Waals surface area contributed by atoms with Gasteiger partial charge in [-0.05, 0) is 65.1 Å². The molecule has 3 nitrogen and oxygen atoms in total. The summed E-state index contributed by atoms with van der Waals surface area (Å²) in [5.41, 5.74) is -0.587. The molecule has 1 aliphatic heterocycles. The second-order valence-electron chi connectivity index (χ2n) is 5.99. The van der Waals surface area contributed by atoms with E-state index in [1.165, 1.54) is 25.7 Å². The van der Waals surface area contributed by atoms with Crippen molar-refractivity contribution in [3.8, 4) is 0 Å². The smallest absolute Gasteiger partial charge is 0.309 e. The number of aliphatic carboxylic acids is 1. The molecule has 0 aromatic rings. The summed E-state index contributed by atoms with van der Waals surface area (Å²) in [5, 5.41) is 9.09. The van der Waals surface area contributed by atoms with Gasteiger partial charge in [0, 0.05) is 0 Å². The number of rotatable bonds is 5. The second kappa shape index (κ2) is 6.39. The topological polar surface area (TPSA) is 40.5 Å². The molecule has 0 aromatic carbocycles. The fourth-order valence-corrected chi connectivity index (χ4v) is 2.40. The van der Waals surface area contributed by atoms with E-state index in [1.54, 1.807) is 0 Å². The van der Waals surface area contributed by atoms with E-state index >= 15 is 0 Å². The van der Waals surface area contributed by atoms with Crippen molar-refractivity contribution in [2.75, 3.05) is 19.6 Å². The fourth-order valence-electron chi connectivity index (χ4n) is 2.40. The van der Waals surface area contributed by atoms with Crippen LogP contribution in [0.15, 0.2) is 0 Å². The van der Waals surface area contributed by atoms with E-state index in [9.17, 15) is 4.79 Å². The van der Waals surface area contributed by atoms with Crippen LogP contribution >= 0.6 is 0 Å². The first kappa shape index (κ1) is 14.5. The van der Waals surface area contributed by atoms with Crippen molar-refractivity contribution >= 4 is 5.97 Å². The molecular weight excluding hydrogens is 214 g/mol. The van der Waals surface area contributed by atoms with Gasteiger partial charge in [-0.1, -0.05) is 13.3 Å². The van der Waals surface area contributed by atoms with Crippen LogP contribution in [0, 0.1) is 11.3 Å². The van der Waals surface area contributed by atoms with E-state index in [1.807, 2.05) is 13.8 Å². The number of likely N-dealkylation sites (tertiary alicyclic amines) is 1. The Balaban J connectivity index is 2.35. The van der Waals surface area contributed by atoms with Gasteiger partial charge in [-0.3, -0.25) is 4.79 Å². The number of nitrogens with zero attached hydrogens (tertiary/aromatic N) is 1. The number of hydrogen-bond acceptors (Lipinski definition) is 2. The first-order chi connectivity index (χ1) is 7.95. The average Bonchev–Trinajstić information content (AvgIpc) is 2.51. The summed E-state index contributed by atoms with van der Waals surface area (Å²) in [7, 11) is 0. The molecule has 1 saturated heterocycles. The predicted molar refractivity (Wildman–Crippen MR) is 70.1 cm³/mol. The van der Waals surface area contributed by atoms with Crippen molar-refractivity contribution in [2.45, 2.75) is 52.9 Å². The Morgan fingerprint density at radius 1 is 1.35 bits per heavy atom. The summed E-state index contributed by atoms with van der Waals surface area (Å²) in [4.78, 5) is 13.5. The lowest BCUT2D eigenvalue weighted by molar-refractivity contribution is -0.147. The SMILES string of the molecule is CCC1CCCN(CCC(C)(C)C(=O)O)CC1. The van der Waals surface area contributed by atoms with Crippen LogP contribution in [0.2, 0.25) is 0 Å². The molecule has 100 valence electrons. The standard InChI is InChI=1S/C14H27NO2/c1-4-12-6-5-9-15(10-7-12)11-8-14(2,3)13(16)17/h12H,4-11H2,1-3H3,(H,16,17). The van der Waals surface area contributed by atoms with Crippen molar-refractivity contribution in [1.29, 1.82) is 0 Å². The molecule has 1 fully saturated rings. The van der Waals surface area contributed by atoms with Gasteiger partial charge in [-0.2, -0.15) is 0 Å². The summed E-state index contributed by atoms with van der Waals surface area (Å²) in [6.07, 6.45) is 5.93. The number of carboxylic acids is 1. The molecule has 0 amide bonds. The zero-order valence-corrected chi connectivity index (χ0v) is 11.5. The Labute approximate surface area is 105 Å². The van der Waals surface area contributed by atoms with Crippen molar-refractivity contribution in [3.63, 3.8) is 0 Å². The highest BCUT2D eigenvalue weighted by molar-refractivity contribution is 5.73. The lowest BCUT2D eigenvalue weighted by Crippen LogP contribution is -2.32. The van der Waals surface area contributed by atoms with Gasteiger partial charge in [0.15, 0.2) is 0 Å². The molecule has 1 unspecified atom stereocenters. The molecule has 1 atom stereocenters. The van der Waals surface area contributed by atoms with Gasteiger partial charge >= 0.3 is 5.97 Å². The maximum atomic E-state index is 11.0. The molecule has 0 aliphatic carbocycles. The highest BCUT2D eigenvalue weighted by Gasteiger charge is 2.27. The summed E-state index contributed by atoms with van der Waals surface area (Å²) >= 11 is 0. The Kier molecular flexibility index (Phi) is 5.44. The molecule has 0 saturated carbocycles. The second-order valence-corrected chi connectivity index (χ2v) is 5.99. The molecule has 17 heavy (non-hydrogen) atoms. The van der Waals surface area contributed by atoms with Crippen molar-refractivity contribution in [2.24, 2.45) is 11.3 Å². The Hall–Kier alpha value is -0.570. The largest absolute Gasteiger partial charge is 0.481 e. The maximum Gasteiger partial charge on any atom is 0.309 e. The fraction of sp³-hybridized carbons (Fsp3) is 0.929. The molecule has 0 bridgehead atoms. The molecule has 1 N–H and O–H groups in total. The minimum atomic E-state index is -0.682. The predicted octanol–water partition coefficient (Wildman–Crippen LogP) is 3.00. The molecule has 0 aromatic heterocycles. The summed E-state index contributed by atoms with van der Waals surface area (Å²) in [6, 6.07) is 0. The van der Waals surface area contributed by atoms with Crippen LogP contribution in [0.5, 0.6) is 0 Å². The van der Waals surface area contributed by atoms with Crippen molar-refractivity contribution < 1.29 is 9.90 Å². The van der Waals surface area contributed by atoms with Crippen LogP contribution in [-0.4, -0.2) is 35.6 Å². The van der Waals surface area contributed by atoms with E-state index in [4.69, 9.17) is 5.11 Å². The monoisotopic (exact) mass is 241 g/mol. The summed E-state index contributed by atoms with van der Waals surface area (Å²) < 4.78 is 0. The highest BCUT2D eigenvalue weighted by Crippen LogP contribution is 2.24. The van der Waals surface area contributed by atoms with Crippen molar-refractivity contribution in [1.82, 2.24) is 4.90 Å². The lowest BCUT2D eigenvalue weighted by atomic mass is 9.89. The van der Waals surface area contributed by atoms with E-state index in [2.05, 4.69) is 11.8 Å². The van der Waals surface area contributed by atoms with Gasteiger partial charge in [-0.25, -0.2) is 0 Å². The Bertz CT molecular complexity index is 251. The normalized spacial score (nSPS) is 23.4. The van der Waals surface area contributed by atoms with Crippen LogP contribution < -0.4 is 0 Å². The highest BCUT2D eigenvalue weighted by atomic mass is 16.4. The first-order valence-electron chi connectivity index (χ1n) is 6.91. The zero-order valence-electron chi connectivity index (χ0n) is 11.5. The van der Waals surface area contributed by atoms with Crippen LogP contribution in [0.3, 0.4) is 0 Å². The van der Waals surface area contributed by atoms with E-state index in [0.717, 1.165) is 32.0 Å². The lowest BCUT2D eigenvalue weighted by Gasteiger charge is -2.25. The summed E-state index contributed by atoms with van der Waals surface area (Å²) in [6.45, 7) is 9.13. The third-order valence-electron chi connectivity index (χ3n) is 4.15. The van der Waals surface area contributed by atoms with Gasteiger partial charge < -0.3 is 10.0 Å². The third-order valence-corrected chi connectivity index (χ3v) is 4.15. The number of carboxylic acid groups (broad SMARTS) is 1. The number of hydrogen-bond donors (Lipinski definition) is 1. The maximum absolute atomic E-state index is 11.0. The van der Waals surface area contributed by atoms with Crippen LogP contribution in [0.1, 0.15) is 52.9 Å². The molecule has 0 radical (unpaired) electrons. The van der Waals surface area contributed by atoms with E-state index in [-0.39, 0.29) is 0 Å². The molecule has 1 heterocycles. The van der Waals surface area contributed by atoms with Gasteiger partial charge in [0.1, 0.15) is 0 Å². The van der Waals surface area contributed by atoms with Gasteiger partial charge in [0.05, 0.1) is 5.41 Å². The molecular formula is C14H27NO2. The van der Waals surface area contributed by atoms with Crippen LogP contribution in [-0.2, 0) is 4.79 Å². The van der Waals surface area contributed by atoms with Gasteiger partial charge in [0.2, 0.25) is 0 Å². The van der Waals surface area contributed by atoms with E-state index < -0.39 is 11.4 Å². The zero-order chi connectivity index (χ0) is 12.9. The minimum absolute atomic E-state index is 0.587. The Morgan fingerprint density at radius 2 is 2.06 bits per heavy atom. The van der Waals surface area contributed by atoms with Crippen LogP contribution in [0.25, 0.3) is 0 Å². The Morgan fingerprint density at radius 3 is 2.65 bits per heavy atom. The van der Waals surface area contributed by atoms with Crippen molar-refractivity contribution in [3.05, 3.63) is 0 Å². The molecule has 1 aliphatic rings. The molecule has 1 rings (SSSR count). The molecule has 0 spiro atoms. The van der Waals surface area contributed by atoms with Crippen LogP contribution in [0.4, 0.5) is 0 Å². The van der Waals surface area contributed by atoms with E-state index in [0.29, 0.717) is 0 Å². The third kappa shape index (κ3) is 4.66.